The van der Waals surface area contributed by atoms with Crippen LogP contribution in [0.1, 0.15) is 45.2 Å². The first-order chi connectivity index (χ1) is 9.97. The molecule has 112 valence electrons. The highest BCUT2D eigenvalue weighted by Crippen LogP contribution is 2.29. The summed E-state index contributed by atoms with van der Waals surface area (Å²) in [5.74, 6) is 1.13. The molecular formula is C15H21N5O. The molecule has 21 heavy (non-hydrogen) atoms. The van der Waals surface area contributed by atoms with Gasteiger partial charge >= 0.3 is 0 Å². The van der Waals surface area contributed by atoms with Gasteiger partial charge in [-0.05, 0) is 18.9 Å². The summed E-state index contributed by atoms with van der Waals surface area (Å²) in [4.78, 5) is 22.8. The number of hydrogen-bond acceptors (Lipinski definition) is 4. The minimum Gasteiger partial charge on any atom is -0.342 e. The highest BCUT2D eigenvalue weighted by atomic mass is 16.2. The molecule has 1 amide bonds. The van der Waals surface area contributed by atoms with Crippen molar-refractivity contribution in [2.45, 2.75) is 39.5 Å². The van der Waals surface area contributed by atoms with Crippen LogP contribution in [0.3, 0.4) is 0 Å². The molecule has 0 saturated carbocycles. The van der Waals surface area contributed by atoms with E-state index in [4.69, 9.17) is 0 Å². The quantitative estimate of drug-likeness (QED) is 0.803. The lowest BCUT2D eigenvalue weighted by Gasteiger charge is -2.36. The lowest BCUT2D eigenvalue weighted by atomic mass is 9.90. The Morgan fingerprint density at radius 1 is 1.33 bits per heavy atom. The van der Waals surface area contributed by atoms with Crippen molar-refractivity contribution in [1.29, 1.82) is 0 Å². The number of fused-ring (bicyclic) bond motifs is 1. The zero-order chi connectivity index (χ0) is 15.0. The second-order valence-corrected chi connectivity index (χ2v) is 6.68. The van der Waals surface area contributed by atoms with Crippen molar-refractivity contribution in [1.82, 2.24) is 24.5 Å². The lowest BCUT2D eigenvalue weighted by molar-refractivity contribution is -0.140. The van der Waals surface area contributed by atoms with Crippen LogP contribution in [-0.2, 0) is 4.79 Å². The molecular weight excluding hydrogens is 266 g/mol. The van der Waals surface area contributed by atoms with Gasteiger partial charge < -0.3 is 4.90 Å². The second-order valence-electron chi connectivity index (χ2n) is 6.68. The molecule has 1 saturated heterocycles. The Bertz CT molecular complexity index is 657. The van der Waals surface area contributed by atoms with Crippen LogP contribution >= 0.6 is 0 Å². The maximum Gasteiger partial charge on any atom is 0.252 e. The van der Waals surface area contributed by atoms with E-state index in [-0.39, 0.29) is 17.2 Å². The van der Waals surface area contributed by atoms with Crippen molar-refractivity contribution in [2.24, 2.45) is 5.41 Å². The molecule has 6 heteroatoms. The van der Waals surface area contributed by atoms with Crippen LogP contribution in [0.5, 0.6) is 0 Å². The van der Waals surface area contributed by atoms with E-state index in [0.717, 1.165) is 31.6 Å². The van der Waals surface area contributed by atoms with Crippen molar-refractivity contribution in [3.63, 3.8) is 0 Å². The predicted octanol–water partition coefficient (Wildman–Crippen LogP) is 1.88. The van der Waals surface area contributed by atoms with Gasteiger partial charge in [0, 0.05) is 30.6 Å². The summed E-state index contributed by atoms with van der Waals surface area (Å²) >= 11 is 0. The van der Waals surface area contributed by atoms with E-state index < -0.39 is 0 Å². The van der Waals surface area contributed by atoms with E-state index in [1.807, 2.05) is 31.7 Å². The molecule has 0 bridgehead atoms. The molecule has 3 rings (SSSR count). The topological polar surface area (TPSA) is 63.4 Å². The summed E-state index contributed by atoms with van der Waals surface area (Å²) in [6.45, 7) is 7.51. The van der Waals surface area contributed by atoms with Crippen molar-refractivity contribution in [2.75, 3.05) is 13.1 Å². The zero-order valence-electron chi connectivity index (χ0n) is 12.8. The first-order valence-electron chi connectivity index (χ1n) is 7.41. The maximum atomic E-state index is 12.5. The van der Waals surface area contributed by atoms with E-state index in [9.17, 15) is 4.79 Å². The SMILES string of the molecule is CC(C)(C)C(=O)N1CCCC(c2ccnc3ncnn23)C1. The highest BCUT2D eigenvalue weighted by Gasteiger charge is 2.32. The first kappa shape index (κ1) is 14.0. The molecule has 1 aliphatic heterocycles. The smallest absolute Gasteiger partial charge is 0.252 e. The van der Waals surface area contributed by atoms with Crippen molar-refractivity contribution in [3.05, 3.63) is 24.3 Å². The largest absolute Gasteiger partial charge is 0.342 e. The van der Waals surface area contributed by atoms with E-state index in [2.05, 4.69) is 15.1 Å². The Labute approximate surface area is 124 Å². The van der Waals surface area contributed by atoms with Crippen LogP contribution in [-0.4, -0.2) is 43.5 Å². The Hall–Kier alpha value is -1.98. The number of likely N-dealkylation sites (tertiary alicyclic amines) is 1. The van der Waals surface area contributed by atoms with Crippen LogP contribution < -0.4 is 0 Å². The summed E-state index contributed by atoms with van der Waals surface area (Å²) in [5.41, 5.74) is 0.756. The van der Waals surface area contributed by atoms with Gasteiger partial charge in [-0.2, -0.15) is 10.1 Å². The highest BCUT2D eigenvalue weighted by molar-refractivity contribution is 5.81. The van der Waals surface area contributed by atoms with Crippen LogP contribution in [0.15, 0.2) is 18.6 Å². The Morgan fingerprint density at radius 3 is 2.90 bits per heavy atom. The molecule has 1 fully saturated rings. The molecule has 0 radical (unpaired) electrons. The number of hydrogen-bond donors (Lipinski definition) is 0. The van der Waals surface area contributed by atoms with Gasteiger partial charge in [0.25, 0.3) is 5.78 Å². The van der Waals surface area contributed by atoms with E-state index in [1.54, 1.807) is 10.7 Å². The Morgan fingerprint density at radius 2 is 2.14 bits per heavy atom. The van der Waals surface area contributed by atoms with E-state index in [0.29, 0.717) is 5.78 Å². The number of nitrogens with zero attached hydrogens (tertiary/aromatic N) is 5. The van der Waals surface area contributed by atoms with Crippen LogP contribution in [0.25, 0.3) is 5.78 Å². The number of carbonyl (C=O) groups is 1. The summed E-state index contributed by atoms with van der Waals surface area (Å²) < 4.78 is 1.79. The molecule has 1 atom stereocenters. The Balaban J connectivity index is 1.87. The van der Waals surface area contributed by atoms with Crippen LogP contribution in [0.4, 0.5) is 0 Å². The molecule has 0 N–H and O–H groups in total. The fourth-order valence-corrected chi connectivity index (χ4v) is 2.94. The number of aromatic nitrogens is 4. The lowest BCUT2D eigenvalue weighted by Crippen LogP contribution is -2.44. The second kappa shape index (κ2) is 5.09. The van der Waals surface area contributed by atoms with E-state index in [1.165, 1.54) is 6.33 Å². The van der Waals surface area contributed by atoms with Gasteiger partial charge in [-0.1, -0.05) is 20.8 Å². The van der Waals surface area contributed by atoms with Gasteiger partial charge in [-0.3, -0.25) is 4.79 Å². The zero-order valence-corrected chi connectivity index (χ0v) is 12.8. The van der Waals surface area contributed by atoms with Gasteiger partial charge in [-0.15, -0.1) is 0 Å². The summed E-state index contributed by atoms with van der Waals surface area (Å²) in [7, 11) is 0. The minimum atomic E-state index is -0.331. The van der Waals surface area contributed by atoms with Crippen molar-refractivity contribution in [3.8, 4) is 0 Å². The van der Waals surface area contributed by atoms with Crippen molar-refractivity contribution < 1.29 is 4.79 Å². The molecule has 0 aliphatic carbocycles. The molecule has 1 unspecified atom stereocenters. The molecule has 0 spiro atoms. The summed E-state index contributed by atoms with van der Waals surface area (Å²) in [6.07, 6.45) is 5.37. The normalized spacial score (nSPS) is 20.0. The predicted molar refractivity (Wildman–Crippen MR) is 78.8 cm³/mol. The number of amides is 1. The standard InChI is InChI=1S/C15H21N5O/c1-15(2,3)13(21)19-8-4-5-11(9-19)12-6-7-16-14-17-10-18-20(12)14/h6-7,10-11H,4-5,8-9H2,1-3H3. The molecule has 0 aromatic carbocycles. The molecule has 1 aliphatic rings. The average Bonchev–Trinajstić information content (AvgIpc) is 2.94. The number of piperidine rings is 1. The maximum absolute atomic E-state index is 12.5. The van der Waals surface area contributed by atoms with Crippen molar-refractivity contribution >= 4 is 11.7 Å². The fraction of sp³-hybridized carbons (Fsp3) is 0.600. The summed E-state index contributed by atoms with van der Waals surface area (Å²) in [5, 5.41) is 4.25. The average molecular weight is 287 g/mol. The molecule has 3 heterocycles. The molecule has 2 aromatic rings. The monoisotopic (exact) mass is 287 g/mol. The van der Waals surface area contributed by atoms with Gasteiger partial charge in [-0.25, -0.2) is 9.50 Å². The van der Waals surface area contributed by atoms with Gasteiger partial charge in [0.1, 0.15) is 6.33 Å². The van der Waals surface area contributed by atoms with Gasteiger partial charge in [0.05, 0.1) is 5.69 Å². The van der Waals surface area contributed by atoms with Crippen LogP contribution in [0, 0.1) is 5.41 Å². The molecule has 6 nitrogen and oxygen atoms in total. The number of rotatable bonds is 1. The van der Waals surface area contributed by atoms with Crippen LogP contribution in [0.2, 0.25) is 0 Å². The third-order valence-electron chi connectivity index (χ3n) is 3.98. The minimum absolute atomic E-state index is 0.219. The third-order valence-corrected chi connectivity index (χ3v) is 3.98. The Kier molecular flexibility index (Phi) is 3.39. The third kappa shape index (κ3) is 2.62. The first-order valence-corrected chi connectivity index (χ1v) is 7.41. The number of carbonyl (C=O) groups excluding carboxylic acids is 1. The summed E-state index contributed by atoms with van der Waals surface area (Å²) in [6, 6.07) is 1.98. The fourth-order valence-electron chi connectivity index (χ4n) is 2.94. The van der Waals surface area contributed by atoms with E-state index >= 15 is 0 Å². The van der Waals surface area contributed by atoms with Gasteiger partial charge in [0.15, 0.2) is 0 Å². The van der Waals surface area contributed by atoms with Gasteiger partial charge in [0.2, 0.25) is 5.91 Å². The molecule has 2 aromatic heterocycles.